The number of hydrogen-bond acceptors (Lipinski definition) is 7. The Morgan fingerprint density at radius 3 is 1.40 bits per heavy atom. The molecule has 0 aromatic carbocycles. The Bertz CT molecular complexity index is 1110. The molecule has 0 rings (SSSR count). The van der Waals surface area contributed by atoms with Gasteiger partial charge in [0.25, 0.3) is 0 Å². The monoisotopic (exact) mass is 864 g/mol. The van der Waals surface area contributed by atoms with E-state index in [1.165, 1.54) is 128 Å². The van der Waals surface area contributed by atoms with Crippen LogP contribution in [0.5, 0.6) is 0 Å². The van der Waals surface area contributed by atoms with Crippen LogP contribution in [0.1, 0.15) is 219 Å². The lowest BCUT2D eigenvalue weighted by molar-refractivity contribution is -0.154. The van der Waals surface area contributed by atoms with Crippen molar-refractivity contribution in [1.29, 1.82) is 0 Å². The van der Waals surface area contributed by atoms with Gasteiger partial charge in [0.1, 0.15) is 6.10 Å². The number of nitrogens with two attached hydrogens (primary N) is 1. The largest absolute Gasteiger partial charge is 0.472 e. The lowest BCUT2D eigenvalue weighted by Crippen LogP contribution is -2.28. The molecule has 0 aromatic rings. The summed E-state index contributed by atoms with van der Waals surface area (Å²) in [4.78, 5) is 22.6. The fourth-order valence-corrected chi connectivity index (χ4v) is 7.61. The zero-order chi connectivity index (χ0) is 43.7. The molecule has 3 N–H and O–H groups in total. The van der Waals surface area contributed by atoms with Crippen LogP contribution in [0, 0.1) is 0 Å². The van der Waals surface area contributed by atoms with E-state index in [0.29, 0.717) is 13.0 Å². The third-order valence-electron chi connectivity index (χ3n) is 10.4. The highest BCUT2D eigenvalue weighted by Gasteiger charge is 2.25. The summed E-state index contributed by atoms with van der Waals surface area (Å²) in [5.41, 5.74) is 5.38. The molecular formula is C51H94NO7P. The second-order valence-corrected chi connectivity index (χ2v) is 17.8. The summed E-state index contributed by atoms with van der Waals surface area (Å²) < 4.78 is 33.6. The molecule has 0 aromatic heterocycles. The highest BCUT2D eigenvalue weighted by molar-refractivity contribution is 7.47. The van der Waals surface area contributed by atoms with Crippen LogP contribution in [0.25, 0.3) is 0 Å². The number of carbonyl (C=O) groups excluding carboxylic acids is 1. The van der Waals surface area contributed by atoms with E-state index in [0.717, 1.165) is 70.6 Å². The minimum absolute atomic E-state index is 0.0972. The Balaban J connectivity index is 3.99. The summed E-state index contributed by atoms with van der Waals surface area (Å²) in [6.45, 7) is 4.82. The van der Waals surface area contributed by atoms with Crippen LogP contribution in [-0.2, 0) is 27.9 Å². The van der Waals surface area contributed by atoms with E-state index in [2.05, 4.69) is 74.6 Å². The number of unbranched alkanes of at least 4 members (excludes halogenated alkanes) is 24. The fraction of sp³-hybridized carbons (Fsp3) is 0.784. The summed E-state index contributed by atoms with van der Waals surface area (Å²) in [5.74, 6) is -0.340. The first kappa shape index (κ1) is 58.2. The van der Waals surface area contributed by atoms with Crippen LogP contribution in [0.15, 0.2) is 60.8 Å². The summed E-state index contributed by atoms with van der Waals surface area (Å²) in [6.07, 6.45) is 59.6. The van der Waals surface area contributed by atoms with E-state index >= 15 is 0 Å². The van der Waals surface area contributed by atoms with Crippen LogP contribution >= 0.6 is 7.82 Å². The molecule has 0 saturated carbocycles. The molecule has 350 valence electrons. The number of allylic oxidation sites excluding steroid dienone is 10. The molecule has 0 aliphatic rings. The summed E-state index contributed by atoms with van der Waals surface area (Å²) in [6, 6.07) is 0. The van der Waals surface area contributed by atoms with Gasteiger partial charge in [-0.1, -0.05) is 216 Å². The maximum atomic E-state index is 12.6. The fourth-order valence-electron chi connectivity index (χ4n) is 6.85. The van der Waals surface area contributed by atoms with Gasteiger partial charge in [0, 0.05) is 19.6 Å². The first-order valence-corrected chi connectivity index (χ1v) is 26.3. The van der Waals surface area contributed by atoms with Crippen molar-refractivity contribution in [1.82, 2.24) is 0 Å². The van der Waals surface area contributed by atoms with Crippen LogP contribution < -0.4 is 5.73 Å². The van der Waals surface area contributed by atoms with E-state index < -0.39 is 13.9 Å². The van der Waals surface area contributed by atoms with Gasteiger partial charge in [0.15, 0.2) is 0 Å². The number of rotatable bonds is 47. The van der Waals surface area contributed by atoms with Gasteiger partial charge in [-0.2, -0.15) is 0 Å². The highest BCUT2D eigenvalue weighted by Crippen LogP contribution is 2.43. The minimum atomic E-state index is -4.29. The number of esters is 1. The Morgan fingerprint density at radius 2 is 0.933 bits per heavy atom. The summed E-state index contributed by atoms with van der Waals surface area (Å²) >= 11 is 0. The lowest BCUT2D eigenvalue weighted by Gasteiger charge is -2.20. The van der Waals surface area contributed by atoms with Crippen molar-refractivity contribution >= 4 is 13.8 Å². The average Bonchev–Trinajstić information content (AvgIpc) is 3.24. The van der Waals surface area contributed by atoms with Gasteiger partial charge in [0.05, 0.1) is 19.8 Å². The molecule has 0 spiro atoms. The van der Waals surface area contributed by atoms with Gasteiger partial charge in [-0.05, 0) is 57.8 Å². The van der Waals surface area contributed by atoms with Crippen LogP contribution in [-0.4, -0.2) is 49.9 Å². The topological polar surface area (TPSA) is 117 Å². The Hall–Kier alpha value is -1.80. The average molecular weight is 864 g/mol. The van der Waals surface area contributed by atoms with Gasteiger partial charge >= 0.3 is 13.8 Å². The highest BCUT2D eigenvalue weighted by atomic mass is 31.2. The van der Waals surface area contributed by atoms with Crippen molar-refractivity contribution in [2.24, 2.45) is 5.73 Å². The molecule has 2 atom stereocenters. The molecule has 0 heterocycles. The SMILES string of the molecule is CC/C=C\C/C=C\C/C=C\C/C=C\C/C=C\CCCCCCCCCC(=O)OC(COCCCCCCCCCCCCCCCCCCCC)COP(=O)(O)OCCN. The second-order valence-electron chi connectivity index (χ2n) is 16.3. The molecule has 0 radical (unpaired) electrons. The standard InChI is InChI=1S/C51H94NO7P/c1-3-5-7-9-11-13-15-17-19-21-23-24-25-26-27-28-30-32-34-36-38-40-42-44-51(53)59-50(49-58-60(54,55)57-47-45-52)48-56-46-43-41-39-37-35-33-31-29-22-20-18-16-14-12-10-8-6-4-2/h5,7,11,13,17,19,23-24,26-27,50H,3-4,6,8-10,12,14-16,18,20-22,25,28-49,52H2,1-2H3,(H,54,55)/b7-5-,13-11-,19-17-,24-23-,27-26-. The van der Waals surface area contributed by atoms with Crippen molar-refractivity contribution in [3.8, 4) is 0 Å². The molecule has 0 fully saturated rings. The molecule has 8 nitrogen and oxygen atoms in total. The number of ether oxygens (including phenoxy) is 2. The quantitative estimate of drug-likeness (QED) is 0.0269. The van der Waals surface area contributed by atoms with Gasteiger partial charge in [0.2, 0.25) is 0 Å². The molecule has 0 aliphatic heterocycles. The maximum Gasteiger partial charge on any atom is 0.472 e. The second kappa shape index (κ2) is 48.2. The minimum Gasteiger partial charge on any atom is -0.457 e. The third kappa shape index (κ3) is 47.3. The van der Waals surface area contributed by atoms with E-state index in [-0.39, 0.29) is 32.3 Å². The molecule has 2 unspecified atom stereocenters. The van der Waals surface area contributed by atoms with Crippen molar-refractivity contribution in [2.75, 3.05) is 33.0 Å². The number of carbonyl (C=O) groups is 1. The molecular weight excluding hydrogens is 770 g/mol. The van der Waals surface area contributed by atoms with Gasteiger partial charge in [-0.25, -0.2) is 4.57 Å². The van der Waals surface area contributed by atoms with Gasteiger partial charge < -0.3 is 20.1 Å². The Kier molecular flexibility index (Phi) is 46.8. The Morgan fingerprint density at radius 1 is 0.517 bits per heavy atom. The predicted molar refractivity (Wildman–Crippen MR) is 256 cm³/mol. The van der Waals surface area contributed by atoms with E-state index in [9.17, 15) is 14.3 Å². The van der Waals surface area contributed by atoms with Crippen LogP contribution in [0.2, 0.25) is 0 Å². The number of hydrogen-bond donors (Lipinski definition) is 2. The van der Waals surface area contributed by atoms with Crippen molar-refractivity contribution in [3.05, 3.63) is 60.8 Å². The molecule has 60 heavy (non-hydrogen) atoms. The van der Waals surface area contributed by atoms with E-state index in [1.807, 2.05) is 0 Å². The predicted octanol–water partition coefficient (Wildman–Crippen LogP) is 15.3. The molecule has 9 heteroatoms. The lowest BCUT2D eigenvalue weighted by atomic mass is 10.0. The summed E-state index contributed by atoms with van der Waals surface area (Å²) in [7, 11) is -4.29. The molecule has 0 amide bonds. The van der Waals surface area contributed by atoms with E-state index in [4.69, 9.17) is 24.3 Å². The normalized spacial score (nSPS) is 13.9. The van der Waals surface area contributed by atoms with Crippen LogP contribution in [0.4, 0.5) is 0 Å². The van der Waals surface area contributed by atoms with Crippen molar-refractivity contribution in [2.45, 2.75) is 225 Å². The van der Waals surface area contributed by atoms with Gasteiger partial charge in [-0.15, -0.1) is 0 Å². The zero-order valence-electron chi connectivity index (χ0n) is 38.9. The van der Waals surface area contributed by atoms with E-state index in [1.54, 1.807) is 0 Å². The first-order chi connectivity index (χ1) is 29.4. The van der Waals surface area contributed by atoms with Crippen molar-refractivity contribution in [3.63, 3.8) is 0 Å². The maximum absolute atomic E-state index is 12.6. The third-order valence-corrected chi connectivity index (χ3v) is 11.4. The van der Waals surface area contributed by atoms with Gasteiger partial charge in [-0.3, -0.25) is 13.8 Å². The number of phosphoric ester groups is 1. The van der Waals surface area contributed by atoms with Crippen molar-refractivity contribution < 1.29 is 32.8 Å². The smallest absolute Gasteiger partial charge is 0.457 e. The Labute approximate surface area is 370 Å². The zero-order valence-corrected chi connectivity index (χ0v) is 39.8. The number of phosphoric acid groups is 1. The summed E-state index contributed by atoms with van der Waals surface area (Å²) in [5, 5.41) is 0. The molecule has 0 saturated heterocycles. The molecule has 0 aliphatic carbocycles. The van der Waals surface area contributed by atoms with Crippen LogP contribution in [0.3, 0.4) is 0 Å². The molecule has 0 bridgehead atoms. The first-order valence-electron chi connectivity index (χ1n) is 24.8.